The SMILES string of the molecule is CN(CCc1ccccn1)C(=O)CN=C(N)Nc1ccccc1OC(F)(F)F. The normalized spacial score (nSPS) is 11.8. The van der Waals surface area contributed by atoms with Gasteiger partial charge >= 0.3 is 6.36 Å². The highest BCUT2D eigenvalue weighted by Gasteiger charge is 2.32. The monoisotopic (exact) mass is 395 g/mol. The molecule has 1 amide bonds. The fraction of sp³-hybridized carbons (Fsp3) is 0.278. The Morgan fingerprint density at radius 3 is 2.64 bits per heavy atom. The molecule has 2 aromatic rings. The van der Waals surface area contributed by atoms with Crippen molar-refractivity contribution in [2.24, 2.45) is 10.7 Å². The van der Waals surface area contributed by atoms with Crippen molar-refractivity contribution in [1.82, 2.24) is 9.88 Å². The Balaban J connectivity index is 1.89. The van der Waals surface area contributed by atoms with E-state index in [2.05, 4.69) is 20.0 Å². The number of hydrogen-bond acceptors (Lipinski definition) is 4. The standard InChI is InChI=1S/C18H20F3N5O2/c1-26(11-9-13-6-4-5-10-23-13)16(27)12-24-17(22)25-14-7-2-3-8-15(14)28-18(19,20)21/h2-8,10H,9,11-12H2,1H3,(H3,22,24,25). The van der Waals surface area contributed by atoms with E-state index in [1.165, 1.54) is 23.1 Å². The van der Waals surface area contributed by atoms with Gasteiger partial charge in [0.1, 0.15) is 6.54 Å². The lowest BCUT2D eigenvalue weighted by Gasteiger charge is -2.16. The Labute approximate surface area is 160 Å². The van der Waals surface area contributed by atoms with Gasteiger partial charge in [0.05, 0.1) is 5.69 Å². The summed E-state index contributed by atoms with van der Waals surface area (Å²) in [6.07, 6.45) is -2.58. The molecule has 2 rings (SSSR count). The summed E-state index contributed by atoms with van der Waals surface area (Å²) in [5.41, 5.74) is 6.51. The topological polar surface area (TPSA) is 92.8 Å². The zero-order valence-electron chi connectivity index (χ0n) is 15.1. The number of carbonyl (C=O) groups is 1. The van der Waals surface area contributed by atoms with Crippen molar-refractivity contribution in [3.63, 3.8) is 0 Å². The van der Waals surface area contributed by atoms with Crippen molar-refractivity contribution < 1.29 is 22.7 Å². The third-order valence-electron chi connectivity index (χ3n) is 3.62. The van der Waals surface area contributed by atoms with Gasteiger partial charge in [-0.15, -0.1) is 13.2 Å². The summed E-state index contributed by atoms with van der Waals surface area (Å²) in [4.78, 5) is 21.6. The van der Waals surface area contributed by atoms with Crippen LogP contribution in [0.2, 0.25) is 0 Å². The number of amides is 1. The van der Waals surface area contributed by atoms with Gasteiger partial charge in [-0.1, -0.05) is 18.2 Å². The second-order valence-corrected chi connectivity index (χ2v) is 5.76. The first-order valence-corrected chi connectivity index (χ1v) is 8.30. The highest BCUT2D eigenvalue weighted by Crippen LogP contribution is 2.29. The molecule has 0 saturated heterocycles. The lowest BCUT2D eigenvalue weighted by atomic mass is 10.2. The molecule has 3 N–H and O–H groups in total. The minimum absolute atomic E-state index is 0.0166. The molecule has 0 aliphatic rings. The van der Waals surface area contributed by atoms with Crippen molar-refractivity contribution in [3.8, 4) is 5.75 Å². The summed E-state index contributed by atoms with van der Waals surface area (Å²) < 4.78 is 41.2. The number of pyridine rings is 1. The number of para-hydroxylation sites is 2. The molecule has 28 heavy (non-hydrogen) atoms. The number of benzene rings is 1. The number of nitrogens with zero attached hydrogens (tertiary/aromatic N) is 3. The number of anilines is 1. The first-order chi connectivity index (χ1) is 13.2. The molecule has 1 heterocycles. The number of halogens is 3. The Kier molecular flexibility index (Phi) is 7.19. The number of carbonyl (C=O) groups excluding carboxylic acids is 1. The second kappa shape index (κ2) is 9.58. The zero-order chi connectivity index (χ0) is 20.6. The minimum Gasteiger partial charge on any atom is -0.404 e. The van der Waals surface area contributed by atoms with E-state index >= 15 is 0 Å². The molecule has 0 aliphatic heterocycles. The van der Waals surface area contributed by atoms with Crippen LogP contribution in [0.1, 0.15) is 5.69 Å². The minimum atomic E-state index is -4.84. The number of guanidine groups is 1. The van der Waals surface area contributed by atoms with Crippen LogP contribution in [0.15, 0.2) is 53.7 Å². The second-order valence-electron chi connectivity index (χ2n) is 5.76. The van der Waals surface area contributed by atoms with Gasteiger partial charge in [0, 0.05) is 31.9 Å². The Morgan fingerprint density at radius 2 is 1.96 bits per heavy atom. The summed E-state index contributed by atoms with van der Waals surface area (Å²) in [5, 5.41) is 2.51. The Morgan fingerprint density at radius 1 is 1.25 bits per heavy atom. The van der Waals surface area contributed by atoms with Crippen LogP contribution in [0, 0.1) is 0 Å². The molecule has 1 aromatic heterocycles. The molecule has 0 saturated carbocycles. The average molecular weight is 395 g/mol. The Bertz CT molecular complexity index is 812. The van der Waals surface area contributed by atoms with Gasteiger partial charge in [-0.2, -0.15) is 0 Å². The van der Waals surface area contributed by atoms with Crippen molar-refractivity contribution in [1.29, 1.82) is 0 Å². The molecular formula is C18H20F3N5O2. The van der Waals surface area contributed by atoms with Gasteiger partial charge in [-0.25, -0.2) is 4.99 Å². The number of ether oxygens (including phenoxy) is 1. The number of aromatic nitrogens is 1. The van der Waals surface area contributed by atoms with Crippen LogP contribution in [0.5, 0.6) is 5.75 Å². The molecule has 10 heteroatoms. The predicted octanol–water partition coefficient (Wildman–Crippen LogP) is 2.41. The number of hydrogen-bond donors (Lipinski definition) is 2. The number of alkyl halides is 3. The third kappa shape index (κ3) is 7.14. The van der Waals surface area contributed by atoms with E-state index in [1.807, 2.05) is 12.1 Å². The van der Waals surface area contributed by atoms with E-state index in [-0.39, 0.29) is 24.1 Å². The van der Waals surface area contributed by atoms with E-state index in [9.17, 15) is 18.0 Å². The zero-order valence-corrected chi connectivity index (χ0v) is 15.1. The summed E-state index contributed by atoms with van der Waals surface area (Å²) >= 11 is 0. The fourth-order valence-electron chi connectivity index (χ4n) is 2.19. The van der Waals surface area contributed by atoms with Crippen LogP contribution in [0.25, 0.3) is 0 Å². The van der Waals surface area contributed by atoms with Gasteiger partial charge in [0.25, 0.3) is 0 Å². The van der Waals surface area contributed by atoms with Gasteiger partial charge in [-0.3, -0.25) is 9.78 Å². The highest BCUT2D eigenvalue weighted by atomic mass is 19.4. The lowest BCUT2D eigenvalue weighted by Crippen LogP contribution is -2.32. The number of rotatable bonds is 7. The van der Waals surface area contributed by atoms with Gasteiger partial charge in [-0.05, 0) is 24.3 Å². The van der Waals surface area contributed by atoms with Crippen LogP contribution in [0.3, 0.4) is 0 Å². The number of aliphatic imine (C=N–C) groups is 1. The maximum absolute atomic E-state index is 12.4. The van der Waals surface area contributed by atoms with E-state index in [1.54, 1.807) is 19.3 Å². The smallest absolute Gasteiger partial charge is 0.404 e. The van der Waals surface area contributed by atoms with Gasteiger partial charge in [0.2, 0.25) is 5.91 Å². The molecule has 1 aromatic carbocycles. The number of likely N-dealkylation sites (N-methyl/N-ethyl adjacent to an activating group) is 1. The van der Waals surface area contributed by atoms with Crippen LogP contribution >= 0.6 is 0 Å². The van der Waals surface area contributed by atoms with Crippen molar-refractivity contribution >= 4 is 17.6 Å². The fourth-order valence-corrected chi connectivity index (χ4v) is 2.19. The summed E-state index contributed by atoms with van der Waals surface area (Å²) in [6, 6.07) is 10.9. The van der Waals surface area contributed by atoms with Crippen LogP contribution in [0.4, 0.5) is 18.9 Å². The van der Waals surface area contributed by atoms with Crippen LogP contribution < -0.4 is 15.8 Å². The average Bonchev–Trinajstić information content (AvgIpc) is 2.65. The Hall–Kier alpha value is -3.30. The van der Waals surface area contributed by atoms with E-state index in [0.717, 1.165) is 11.8 Å². The maximum atomic E-state index is 12.4. The van der Waals surface area contributed by atoms with E-state index in [0.29, 0.717) is 13.0 Å². The lowest BCUT2D eigenvalue weighted by molar-refractivity contribution is -0.274. The number of nitrogens with two attached hydrogens (primary N) is 1. The largest absolute Gasteiger partial charge is 0.573 e. The molecule has 150 valence electrons. The molecule has 0 atom stereocenters. The molecule has 0 unspecified atom stereocenters. The maximum Gasteiger partial charge on any atom is 0.573 e. The van der Waals surface area contributed by atoms with Crippen molar-refractivity contribution in [3.05, 3.63) is 54.4 Å². The van der Waals surface area contributed by atoms with Crippen molar-refractivity contribution in [2.75, 3.05) is 25.5 Å². The molecule has 0 bridgehead atoms. The van der Waals surface area contributed by atoms with E-state index in [4.69, 9.17) is 5.73 Å². The summed E-state index contributed by atoms with van der Waals surface area (Å²) in [6.45, 7) is 0.195. The molecule has 0 aliphatic carbocycles. The first kappa shape index (κ1) is 21.0. The summed E-state index contributed by atoms with van der Waals surface area (Å²) in [5.74, 6) is -0.947. The van der Waals surface area contributed by atoms with Gasteiger partial charge in [0.15, 0.2) is 11.7 Å². The molecular weight excluding hydrogens is 375 g/mol. The quantitative estimate of drug-likeness (QED) is 0.555. The summed E-state index contributed by atoms with van der Waals surface area (Å²) in [7, 11) is 1.62. The van der Waals surface area contributed by atoms with Gasteiger partial charge < -0.3 is 20.7 Å². The van der Waals surface area contributed by atoms with Crippen molar-refractivity contribution in [2.45, 2.75) is 12.8 Å². The highest BCUT2D eigenvalue weighted by molar-refractivity contribution is 5.95. The third-order valence-corrected chi connectivity index (χ3v) is 3.62. The van der Waals surface area contributed by atoms with E-state index < -0.39 is 12.1 Å². The molecule has 7 nitrogen and oxygen atoms in total. The molecule has 0 radical (unpaired) electrons. The molecule has 0 spiro atoms. The predicted molar refractivity (Wildman–Crippen MR) is 98.8 cm³/mol. The first-order valence-electron chi connectivity index (χ1n) is 8.30. The van der Waals surface area contributed by atoms with Crippen LogP contribution in [-0.2, 0) is 11.2 Å². The van der Waals surface area contributed by atoms with Crippen LogP contribution in [-0.4, -0.2) is 48.3 Å². The molecule has 0 fully saturated rings. The number of nitrogens with one attached hydrogen (secondary N) is 1.